The van der Waals surface area contributed by atoms with Gasteiger partial charge < -0.3 is 30.1 Å². The molecule has 0 aromatic heterocycles. The highest BCUT2D eigenvalue weighted by Crippen LogP contribution is 2.32. The second-order valence-electron chi connectivity index (χ2n) is 6.93. The molecule has 6 N–H and O–H groups in total. The third kappa shape index (κ3) is 8.52. The molecule has 1 heterocycles. The van der Waals surface area contributed by atoms with Gasteiger partial charge in [0.25, 0.3) is 10.1 Å². The van der Waals surface area contributed by atoms with Crippen molar-refractivity contribution >= 4 is 32.5 Å². The normalized spacial score (nSPS) is 26.3. The Morgan fingerprint density at radius 3 is 2.42 bits per heavy atom. The van der Waals surface area contributed by atoms with Crippen LogP contribution in [-0.2, 0) is 34.2 Å². The Morgan fingerprint density at radius 1 is 1.18 bits per heavy atom. The van der Waals surface area contributed by atoms with Gasteiger partial charge in [-0.25, -0.2) is 4.18 Å². The monoisotopic (exact) mass is 513 g/mol. The van der Waals surface area contributed by atoms with E-state index in [0.29, 0.717) is 5.56 Å². The second kappa shape index (κ2) is 10.7. The van der Waals surface area contributed by atoms with Crippen LogP contribution in [0.3, 0.4) is 0 Å². The summed E-state index contributed by atoms with van der Waals surface area (Å²) >= 11 is 0. The number of ether oxygens (including phenoxy) is 2. The number of hydrogen-bond acceptors (Lipinski definition) is 11. The Kier molecular flexibility index (Phi) is 8.77. The van der Waals surface area contributed by atoms with Crippen LogP contribution in [-0.4, -0.2) is 90.2 Å². The number of nitrogens with one attached hydrogen (secondary N) is 1. The number of carbonyl (C=O) groups is 1. The molecule has 2 rings (SSSR count). The molecule has 16 heteroatoms. The molecule has 0 bridgehead atoms. The van der Waals surface area contributed by atoms with Gasteiger partial charge in [0.15, 0.2) is 17.6 Å². The highest BCUT2D eigenvalue weighted by molar-refractivity contribution is 7.85. The number of amides is 1. The Balaban J connectivity index is 2.09. The number of phenolic OH excluding ortho intramolecular Hbond substituents is 1. The first-order valence-electron chi connectivity index (χ1n) is 9.24. The molecule has 5 unspecified atom stereocenters. The Hall–Kier alpha value is -2.31. The van der Waals surface area contributed by atoms with Crippen LogP contribution in [0.15, 0.2) is 24.3 Å². The summed E-state index contributed by atoms with van der Waals surface area (Å²) in [6, 6.07) is 3.77. The first-order valence-corrected chi connectivity index (χ1v) is 12.2. The van der Waals surface area contributed by atoms with Gasteiger partial charge in [0.2, 0.25) is 12.2 Å². The largest absolute Gasteiger partial charge is 0.504 e. The summed E-state index contributed by atoms with van der Waals surface area (Å²) in [5.74, 6) is -2.04. The van der Waals surface area contributed by atoms with Gasteiger partial charge in [-0.15, -0.1) is 0 Å². The summed E-state index contributed by atoms with van der Waals surface area (Å²) in [5, 5.41) is 32.4. The lowest BCUT2D eigenvalue weighted by atomic mass is 10.00. The molecule has 0 aliphatic carbocycles. The zero-order valence-electron chi connectivity index (χ0n) is 17.0. The SMILES string of the molecule is CC1OC(Oc2ccc(C=CC(=O)NCCS(=O)(=O)O)cc2O)C(OS(=O)(=O)O)C(O)C1O. The number of benzene rings is 1. The minimum atomic E-state index is -5.06. The molecule has 1 aromatic carbocycles. The topological polar surface area (TPSA) is 226 Å². The predicted molar refractivity (Wildman–Crippen MR) is 110 cm³/mol. The number of aliphatic hydroxyl groups excluding tert-OH is 2. The molecule has 1 saturated heterocycles. The third-order valence-corrected chi connectivity index (χ3v) is 5.52. The maximum absolute atomic E-state index is 11.6. The van der Waals surface area contributed by atoms with E-state index in [0.717, 1.165) is 12.1 Å². The molecule has 186 valence electrons. The third-order valence-electron chi connectivity index (χ3n) is 4.33. The molecule has 1 aliphatic heterocycles. The van der Waals surface area contributed by atoms with Gasteiger partial charge in [0.05, 0.1) is 11.9 Å². The van der Waals surface area contributed by atoms with E-state index in [4.69, 9.17) is 18.6 Å². The van der Waals surface area contributed by atoms with Crippen molar-refractivity contribution in [2.45, 2.75) is 37.6 Å². The van der Waals surface area contributed by atoms with Gasteiger partial charge in [-0.2, -0.15) is 16.8 Å². The standard InChI is InChI=1S/C17H23NO13S2/c1-9-14(21)15(22)16(31-33(26,27)28)17(29-9)30-12-4-2-10(8-11(12)19)3-5-13(20)18-6-7-32(23,24)25/h2-5,8-9,14-17,19,21-22H,6-7H2,1H3,(H,18,20)(H,23,24,25)(H,26,27,28). The summed E-state index contributed by atoms with van der Waals surface area (Å²) in [5.41, 5.74) is 0.309. The van der Waals surface area contributed by atoms with Gasteiger partial charge in [0.1, 0.15) is 12.2 Å². The summed E-state index contributed by atoms with van der Waals surface area (Å²) in [4.78, 5) is 11.6. The van der Waals surface area contributed by atoms with Crippen LogP contribution < -0.4 is 10.1 Å². The second-order valence-corrected chi connectivity index (χ2v) is 9.55. The molecule has 33 heavy (non-hydrogen) atoms. The van der Waals surface area contributed by atoms with Gasteiger partial charge in [-0.3, -0.25) is 13.9 Å². The Labute approximate surface area is 189 Å². The number of rotatable bonds is 9. The molecule has 0 spiro atoms. The van der Waals surface area contributed by atoms with Crippen molar-refractivity contribution in [1.29, 1.82) is 0 Å². The molecule has 0 saturated carbocycles. The zero-order chi connectivity index (χ0) is 25.0. The van der Waals surface area contributed by atoms with E-state index in [1.54, 1.807) is 0 Å². The number of hydrogen-bond donors (Lipinski definition) is 6. The lowest BCUT2D eigenvalue weighted by molar-refractivity contribution is -0.262. The van der Waals surface area contributed by atoms with Crippen LogP contribution in [0.25, 0.3) is 6.08 Å². The molecule has 1 aromatic rings. The van der Waals surface area contributed by atoms with Gasteiger partial charge in [-0.1, -0.05) is 6.07 Å². The Bertz CT molecular complexity index is 1090. The number of aliphatic hydroxyl groups is 2. The van der Waals surface area contributed by atoms with E-state index >= 15 is 0 Å². The maximum Gasteiger partial charge on any atom is 0.397 e. The van der Waals surface area contributed by atoms with Crippen molar-refractivity contribution in [3.05, 3.63) is 29.8 Å². The van der Waals surface area contributed by atoms with Crippen LogP contribution >= 0.6 is 0 Å². The maximum atomic E-state index is 11.6. The van der Waals surface area contributed by atoms with Crippen LogP contribution in [0.2, 0.25) is 0 Å². The average molecular weight is 513 g/mol. The van der Waals surface area contributed by atoms with Gasteiger partial charge in [-0.05, 0) is 30.7 Å². The van der Waals surface area contributed by atoms with E-state index in [2.05, 4.69) is 9.50 Å². The lowest BCUT2D eigenvalue weighted by Crippen LogP contribution is -2.59. The molecule has 0 radical (unpaired) electrons. The Morgan fingerprint density at radius 2 is 1.85 bits per heavy atom. The molecule has 1 aliphatic rings. The van der Waals surface area contributed by atoms with E-state index in [-0.39, 0.29) is 12.3 Å². The minimum absolute atomic E-state index is 0.241. The van der Waals surface area contributed by atoms with E-state index in [9.17, 15) is 36.9 Å². The summed E-state index contributed by atoms with van der Waals surface area (Å²) in [7, 11) is -9.27. The first kappa shape index (κ1) is 26.9. The predicted octanol–water partition coefficient (Wildman–Crippen LogP) is -1.56. The molecular weight excluding hydrogens is 490 g/mol. The molecule has 5 atom stereocenters. The zero-order valence-corrected chi connectivity index (χ0v) is 18.6. The van der Waals surface area contributed by atoms with Crippen LogP contribution in [0.4, 0.5) is 0 Å². The van der Waals surface area contributed by atoms with Crippen molar-refractivity contribution in [2.24, 2.45) is 0 Å². The van der Waals surface area contributed by atoms with Crippen molar-refractivity contribution in [3.63, 3.8) is 0 Å². The van der Waals surface area contributed by atoms with Crippen LogP contribution in [0.1, 0.15) is 12.5 Å². The van der Waals surface area contributed by atoms with E-state index in [1.807, 2.05) is 0 Å². The molecule has 14 nitrogen and oxygen atoms in total. The highest BCUT2D eigenvalue weighted by Gasteiger charge is 2.47. The highest BCUT2D eigenvalue weighted by atomic mass is 32.3. The fourth-order valence-electron chi connectivity index (χ4n) is 2.74. The average Bonchev–Trinajstić information content (AvgIpc) is 2.67. The van der Waals surface area contributed by atoms with Crippen molar-refractivity contribution in [3.8, 4) is 11.5 Å². The summed E-state index contributed by atoms with van der Waals surface area (Å²) in [6.07, 6.45) is -5.59. The number of carbonyl (C=O) groups excluding carboxylic acids is 1. The van der Waals surface area contributed by atoms with Crippen molar-refractivity contribution in [1.82, 2.24) is 5.32 Å². The van der Waals surface area contributed by atoms with Gasteiger partial charge >= 0.3 is 10.4 Å². The molecule has 1 amide bonds. The van der Waals surface area contributed by atoms with Crippen LogP contribution in [0.5, 0.6) is 11.5 Å². The quantitative estimate of drug-likeness (QED) is 0.162. The van der Waals surface area contributed by atoms with Crippen molar-refractivity contribution in [2.75, 3.05) is 12.3 Å². The smallest absolute Gasteiger partial charge is 0.397 e. The fraction of sp³-hybridized carbons (Fsp3) is 0.471. The molecule has 1 fully saturated rings. The number of aromatic hydroxyl groups is 1. The minimum Gasteiger partial charge on any atom is -0.504 e. The van der Waals surface area contributed by atoms with E-state index < -0.39 is 68.6 Å². The van der Waals surface area contributed by atoms with Crippen molar-refractivity contribution < 1.29 is 59.7 Å². The summed E-state index contributed by atoms with van der Waals surface area (Å²) in [6.45, 7) is 1.05. The lowest BCUT2D eigenvalue weighted by Gasteiger charge is -2.40. The summed E-state index contributed by atoms with van der Waals surface area (Å²) < 4.78 is 75.9. The fourth-order valence-corrected chi connectivity index (χ4v) is 3.58. The van der Waals surface area contributed by atoms with Crippen LogP contribution in [0, 0.1) is 0 Å². The first-order chi connectivity index (χ1) is 15.2. The number of phenols is 1. The molecular formula is C17H23NO13S2. The van der Waals surface area contributed by atoms with Gasteiger partial charge in [0, 0.05) is 12.6 Å². The van der Waals surface area contributed by atoms with E-state index in [1.165, 1.54) is 25.1 Å².